The van der Waals surface area contributed by atoms with E-state index in [1.54, 1.807) is 13.8 Å². The number of primary amides is 1. The highest BCUT2D eigenvalue weighted by molar-refractivity contribution is 8.00. The van der Waals surface area contributed by atoms with E-state index >= 15 is 0 Å². The predicted octanol–water partition coefficient (Wildman–Crippen LogP) is 2.42. The first-order valence-electron chi connectivity index (χ1n) is 5.64. The molecule has 0 fully saturated rings. The van der Waals surface area contributed by atoms with E-state index in [4.69, 9.17) is 5.73 Å². The smallest absolute Gasteiger partial charge is 0.318 e. The van der Waals surface area contributed by atoms with Gasteiger partial charge in [-0.15, -0.1) is 11.8 Å². The largest absolute Gasteiger partial charge is 0.351 e. The van der Waals surface area contributed by atoms with Gasteiger partial charge in [-0.05, 0) is 5.92 Å². The predicted molar refractivity (Wildman–Crippen MR) is 68.5 cm³/mol. The van der Waals surface area contributed by atoms with E-state index in [1.807, 2.05) is 5.32 Å². The topological polar surface area (TPSA) is 72.2 Å². The third-order valence-electron chi connectivity index (χ3n) is 2.32. The zero-order valence-electron chi connectivity index (χ0n) is 10.7. The minimum atomic E-state index is -1.11. The summed E-state index contributed by atoms with van der Waals surface area (Å²) in [5, 5.41) is 0.908. The van der Waals surface area contributed by atoms with Crippen LogP contribution in [0.4, 0.5) is 18.0 Å². The lowest BCUT2D eigenvalue weighted by molar-refractivity contribution is -0.120. The van der Waals surface area contributed by atoms with Crippen LogP contribution in [-0.4, -0.2) is 17.2 Å². The Bertz CT molecular complexity index is 514. The van der Waals surface area contributed by atoms with Crippen molar-refractivity contribution >= 4 is 23.7 Å². The Morgan fingerprint density at radius 3 is 2.10 bits per heavy atom. The molecule has 20 heavy (non-hydrogen) atoms. The summed E-state index contributed by atoms with van der Waals surface area (Å²) in [7, 11) is 0. The van der Waals surface area contributed by atoms with Crippen molar-refractivity contribution < 1.29 is 22.8 Å². The van der Waals surface area contributed by atoms with Crippen molar-refractivity contribution in [1.82, 2.24) is 5.32 Å². The number of carbonyl (C=O) groups is 2. The van der Waals surface area contributed by atoms with Crippen molar-refractivity contribution in [1.29, 1.82) is 0 Å². The van der Waals surface area contributed by atoms with Crippen molar-refractivity contribution in [2.45, 2.75) is 24.0 Å². The second kappa shape index (κ2) is 6.65. The van der Waals surface area contributed by atoms with Gasteiger partial charge in [-0.1, -0.05) is 13.8 Å². The number of hydrogen-bond donors (Lipinski definition) is 2. The summed E-state index contributed by atoms with van der Waals surface area (Å²) in [6.07, 6.45) is 0. The van der Waals surface area contributed by atoms with Gasteiger partial charge < -0.3 is 5.73 Å². The highest BCUT2D eigenvalue weighted by Crippen LogP contribution is 2.32. The molecule has 0 aliphatic carbocycles. The van der Waals surface area contributed by atoms with Crippen molar-refractivity contribution in [2.24, 2.45) is 11.7 Å². The highest BCUT2D eigenvalue weighted by atomic mass is 32.2. The van der Waals surface area contributed by atoms with Crippen LogP contribution in [0.25, 0.3) is 0 Å². The van der Waals surface area contributed by atoms with E-state index in [0.29, 0.717) is 23.9 Å². The van der Waals surface area contributed by atoms with Crippen LogP contribution in [0.2, 0.25) is 0 Å². The van der Waals surface area contributed by atoms with Crippen LogP contribution in [0.15, 0.2) is 17.0 Å². The van der Waals surface area contributed by atoms with Gasteiger partial charge in [-0.3, -0.25) is 10.1 Å². The Hall–Kier alpha value is -1.70. The molecule has 8 heteroatoms. The molecule has 1 aromatic rings. The summed E-state index contributed by atoms with van der Waals surface area (Å²) in [5.41, 5.74) is 4.83. The number of nitrogens with one attached hydrogen (secondary N) is 1. The van der Waals surface area contributed by atoms with E-state index in [9.17, 15) is 22.8 Å². The average molecular weight is 306 g/mol. The number of benzene rings is 1. The monoisotopic (exact) mass is 306 g/mol. The lowest BCUT2D eigenvalue weighted by atomic mass is 10.1. The van der Waals surface area contributed by atoms with Crippen LogP contribution < -0.4 is 11.1 Å². The number of thioether (sulfide) groups is 1. The van der Waals surface area contributed by atoms with Crippen LogP contribution >= 0.6 is 11.8 Å². The molecule has 1 rings (SSSR count). The van der Waals surface area contributed by atoms with Gasteiger partial charge in [-0.2, -0.15) is 0 Å². The summed E-state index contributed by atoms with van der Waals surface area (Å²) in [6.45, 7) is 3.27. The molecule has 4 nitrogen and oxygen atoms in total. The number of imide groups is 1. The number of hydrogen-bond acceptors (Lipinski definition) is 3. The maximum atomic E-state index is 13.5. The molecule has 0 bridgehead atoms. The van der Waals surface area contributed by atoms with Crippen LogP contribution in [0, 0.1) is 23.4 Å². The number of amides is 3. The maximum absolute atomic E-state index is 13.5. The lowest BCUT2D eigenvalue weighted by Gasteiger charge is -2.19. The molecule has 0 heterocycles. The van der Waals surface area contributed by atoms with Gasteiger partial charge in [0, 0.05) is 12.1 Å². The number of carbonyl (C=O) groups excluding carboxylic acids is 2. The Balaban J connectivity index is 3.03. The second-order valence-electron chi connectivity index (χ2n) is 4.33. The maximum Gasteiger partial charge on any atom is 0.318 e. The van der Waals surface area contributed by atoms with E-state index in [1.165, 1.54) is 0 Å². The van der Waals surface area contributed by atoms with Crippen LogP contribution in [0.1, 0.15) is 13.8 Å². The van der Waals surface area contributed by atoms with Crippen molar-refractivity contribution in [3.05, 3.63) is 29.6 Å². The first-order chi connectivity index (χ1) is 9.22. The fraction of sp³-hybridized carbons (Fsp3) is 0.333. The number of nitrogens with two attached hydrogens (primary N) is 1. The van der Waals surface area contributed by atoms with Gasteiger partial charge in [-0.25, -0.2) is 18.0 Å². The molecule has 3 amide bonds. The zero-order valence-corrected chi connectivity index (χ0v) is 11.6. The molecule has 1 atom stereocenters. The standard InChI is InChI=1S/C12H13F3N2O2S/c1-5(2)9(11(18)17-12(16)19)20-10-7(14)3-6(13)4-8(10)15/h3-5,9H,1-2H3,(H3,16,17,18,19)/t9-/m1/s1. The molecule has 110 valence electrons. The molecule has 0 aliphatic heterocycles. The molecule has 0 saturated carbocycles. The van der Waals surface area contributed by atoms with E-state index in [2.05, 4.69) is 0 Å². The van der Waals surface area contributed by atoms with Crippen LogP contribution in [0.3, 0.4) is 0 Å². The van der Waals surface area contributed by atoms with E-state index < -0.39 is 39.5 Å². The Kier molecular flexibility index (Phi) is 5.43. The normalized spacial score (nSPS) is 12.3. The quantitative estimate of drug-likeness (QED) is 0.839. The number of urea groups is 1. The SMILES string of the molecule is CC(C)[C@@H](Sc1c(F)cc(F)cc1F)C(=O)NC(N)=O. The van der Waals surface area contributed by atoms with Crippen molar-refractivity contribution in [2.75, 3.05) is 0 Å². The second-order valence-corrected chi connectivity index (χ2v) is 5.49. The Labute approximate surface area is 117 Å². The van der Waals surface area contributed by atoms with Gasteiger partial charge >= 0.3 is 6.03 Å². The van der Waals surface area contributed by atoms with Crippen molar-refractivity contribution in [3.8, 4) is 0 Å². The third kappa shape index (κ3) is 4.16. The van der Waals surface area contributed by atoms with Gasteiger partial charge in [0.15, 0.2) is 0 Å². The molecule has 0 aliphatic rings. The zero-order chi connectivity index (χ0) is 15.4. The summed E-state index contributed by atoms with van der Waals surface area (Å²) in [6, 6.07) is -0.00913. The molecule has 0 saturated heterocycles. The van der Waals surface area contributed by atoms with E-state index in [0.717, 1.165) is 0 Å². The Morgan fingerprint density at radius 2 is 1.70 bits per heavy atom. The van der Waals surface area contributed by atoms with Crippen LogP contribution in [-0.2, 0) is 4.79 Å². The minimum absolute atomic E-state index is 0.330. The Morgan fingerprint density at radius 1 is 1.20 bits per heavy atom. The summed E-state index contributed by atoms with van der Waals surface area (Å²) < 4.78 is 39.9. The van der Waals surface area contributed by atoms with Gasteiger partial charge in [0.1, 0.15) is 17.5 Å². The van der Waals surface area contributed by atoms with Crippen LogP contribution in [0.5, 0.6) is 0 Å². The average Bonchev–Trinajstić information content (AvgIpc) is 2.25. The molecular weight excluding hydrogens is 293 g/mol. The van der Waals surface area contributed by atoms with Gasteiger partial charge in [0.2, 0.25) is 5.91 Å². The lowest BCUT2D eigenvalue weighted by Crippen LogP contribution is -2.42. The summed E-state index contributed by atoms with van der Waals surface area (Å²) in [5.74, 6) is -4.36. The third-order valence-corrected chi connectivity index (χ3v) is 3.96. The summed E-state index contributed by atoms with van der Waals surface area (Å²) >= 11 is 0.572. The molecule has 0 radical (unpaired) electrons. The first kappa shape index (κ1) is 16.4. The van der Waals surface area contributed by atoms with Crippen molar-refractivity contribution in [3.63, 3.8) is 0 Å². The highest BCUT2D eigenvalue weighted by Gasteiger charge is 2.27. The number of halogens is 3. The van der Waals surface area contributed by atoms with Gasteiger partial charge in [0.25, 0.3) is 0 Å². The van der Waals surface area contributed by atoms with Gasteiger partial charge in [0.05, 0.1) is 10.1 Å². The molecule has 0 unspecified atom stereocenters. The number of rotatable bonds is 4. The summed E-state index contributed by atoms with van der Waals surface area (Å²) in [4.78, 5) is 21.9. The fourth-order valence-corrected chi connectivity index (χ4v) is 2.49. The molecule has 0 aromatic heterocycles. The van der Waals surface area contributed by atoms with E-state index in [-0.39, 0.29) is 5.92 Å². The molecule has 1 aromatic carbocycles. The molecule has 0 spiro atoms. The minimum Gasteiger partial charge on any atom is -0.351 e. The fourth-order valence-electron chi connectivity index (χ4n) is 1.45. The first-order valence-corrected chi connectivity index (χ1v) is 6.51. The molecule has 3 N–H and O–H groups in total. The molecular formula is C12H13F3N2O2S.